The Morgan fingerprint density at radius 3 is 2.42 bits per heavy atom. The normalized spacial score (nSPS) is 18.6. The summed E-state index contributed by atoms with van der Waals surface area (Å²) in [5.41, 5.74) is -2.32. The molecule has 0 aromatic heterocycles. The zero-order valence-electron chi connectivity index (χ0n) is 18.1. The highest BCUT2D eigenvalue weighted by atomic mass is 19.4. The minimum atomic E-state index is -4.55. The van der Waals surface area contributed by atoms with E-state index in [0.29, 0.717) is 19.6 Å². The molecule has 1 spiro atoms. The van der Waals surface area contributed by atoms with Crippen LogP contribution < -0.4 is 15.4 Å². The molecule has 2 N–H and O–H groups in total. The van der Waals surface area contributed by atoms with Crippen LogP contribution >= 0.6 is 0 Å². The average Bonchev–Trinajstić information content (AvgIpc) is 2.61. The molecule has 1 aromatic rings. The lowest BCUT2D eigenvalue weighted by Crippen LogP contribution is -2.65. The molecule has 184 valence electrons. The van der Waals surface area contributed by atoms with Crippen molar-refractivity contribution < 1.29 is 40.7 Å². The molecule has 12 heteroatoms. The van der Waals surface area contributed by atoms with Crippen molar-refractivity contribution in [3.63, 3.8) is 0 Å². The van der Waals surface area contributed by atoms with Gasteiger partial charge >= 0.3 is 12.8 Å². The quantitative estimate of drug-likeness (QED) is 0.559. The van der Waals surface area contributed by atoms with Crippen LogP contribution in [0.4, 0.5) is 26.3 Å². The zero-order valence-corrected chi connectivity index (χ0v) is 18.1. The summed E-state index contributed by atoms with van der Waals surface area (Å²) in [6, 6.07) is 2.95. The summed E-state index contributed by atoms with van der Waals surface area (Å²) in [7, 11) is 0. The fourth-order valence-corrected chi connectivity index (χ4v) is 4.41. The highest BCUT2D eigenvalue weighted by Gasteiger charge is 2.53. The molecule has 3 rings (SSSR count). The monoisotopic (exact) mass is 481 g/mol. The molecule has 0 atom stereocenters. The maximum Gasteiger partial charge on any atom is 0.410 e. The van der Waals surface area contributed by atoms with E-state index < -0.39 is 41.7 Å². The lowest BCUT2D eigenvalue weighted by atomic mass is 9.57. The van der Waals surface area contributed by atoms with Gasteiger partial charge in [0.05, 0.1) is 6.54 Å². The Labute approximate surface area is 186 Å². The number of halogens is 6. The van der Waals surface area contributed by atoms with E-state index in [4.69, 9.17) is 0 Å². The number of likely N-dealkylation sites (tertiary alicyclic amines) is 1. The number of nitrogens with one attached hydrogen (secondary N) is 2. The van der Waals surface area contributed by atoms with E-state index in [1.807, 2.05) is 5.32 Å². The summed E-state index contributed by atoms with van der Waals surface area (Å²) in [6.07, 6.45) is -2.99. The Bertz CT molecular complexity index is 892. The number of rotatable bonds is 8. The van der Waals surface area contributed by atoms with E-state index in [0.717, 1.165) is 38.8 Å². The Morgan fingerprint density at radius 1 is 1.21 bits per heavy atom. The zero-order chi connectivity index (χ0) is 24.6. The molecule has 1 aliphatic heterocycles. The van der Waals surface area contributed by atoms with E-state index in [1.165, 1.54) is 6.07 Å². The van der Waals surface area contributed by atoms with Gasteiger partial charge in [-0.25, -0.2) is 4.39 Å². The van der Waals surface area contributed by atoms with Crippen LogP contribution in [0, 0.1) is 17.2 Å². The number of benzene rings is 1. The van der Waals surface area contributed by atoms with Gasteiger partial charge in [0, 0.05) is 25.2 Å². The molecule has 2 aliphatic rings. The minimum Gasteiger partial charge on any atom is -0.432 e. The van der Waals surface area contributed by atoms with Crippen LogP contribution in [0.25, 0.3) is 0 Å². The first-order valence-electron chi connectivity index (χ1n) is 10.3. The molecule has 1 heterocycles. The lowest BCUT2D eigenvalue weighted by Gasteiger charge is -2.59. The number of amides is 2. The molecule has 0 bridgehead atoms. The molecule has 1 aliphatic carbocycles. The van der Waals surface area contributed by atoms with Crippen molar-refractivity contribution in [1.82, 2.24) is 15.5 Å². The molecular weight excluding hydrogens is 456 g/mol. The van der Waals surface area contributed by atoms with Gasteiger partial charge in [0.1, 0.15) is 5.54 Å². The topological polar surface area (TPSA) is 70.7 Å². The van der Waals surface area contributed by atoms with Crippen LogP contribution in [0.1, 0.15) is 37.0 Å². The second-order valence-corrected chi connectivity index (χ2v) is 9.32. The van der Waals surface area contributed by atoms with Crippen molar-refractivity contribution in [3.05, 3.63) is 29.6 Å². The van der Waals surface area contributed by atoms with Gasteiger partial charge in [-0.3, -0.25) is 14.5 Å². The number of carbonyl (C=O) groups excluding carboxylic acids is 2. The standard InChI is InChI=1S/C21H25F6N3O3/c1-19(2,21(25,26)27)29-16(31)9-30-10-20(11-30)6-12(7-20)8-28-17(32)13-3-4-14(22)15(5-13)33-18(23)24/h3-5,12,18H,6-11H2,1-2H3,(H,28,32)(H,29,31). The van der Waals surface area contributed by atoms with Crippen LogP contribution in [-0.2, 0) is 4.79 Å². The molecular formula is C21H25F6N3O3. The van der Waals surface area contributed by atoms with Crippen LogP contribution in [0.2, 0.25) is 0 Å². The lowest BCUT2D eigenvalue weighted by molar-refractivity contribution is -0.189. The molecule has 0 unspecified atom stereocenters. The molecule has 1 aromatic carbocycles. The Morgan fingerprint density at radius 2 is 1.85 bits per heavy atom. The number of hydrogen-bond donors (Lipinski definition) is 2. The predicted molar refractivity (Wildman–Crippen MR) is 105 cm³/mol. The average molecular weight is 481 g/mol. The molecule has 33 heavy (non-hydrogen) atoms. The van der Waals surface area contributed by atoms with Crippen molar-refractivity contribution >= 4 is 11.8 Å². The number of nitrogens with zero attached hydrogens (tertiary/aromatic N) is 1. The van der Waals surface area contributed by atoms with Crippen molar-refractivity contribution in [1.29, 1.82) is 0 Å². The summed E-state index contributed by atoms with van der Waals surface area (Å²) >= 11 is 0. The molecule has 6 nitrogen and oxygen atoms in total. The molecule has 1 saturated heterocycles. The predicted octanol–water partition coefficient (Wildman–Crippen LogP) is 3.33. The van der Waals surface area contributed by atoms with E-state index in [1.54, 1.807) is 4.90 Å². The third-order valence-corrected chi connectivity index (χ3v) is 6.05. The third kappa shape index (κ3) is 5.90. The minimum absolute atomic E-state index is 0.0105. The summed E-state index contributed by atoms with van der Waals surface area (Å²) in [5, 5.41) is 4.69. The largest absolute Gasteiger partial charge is 0.432 e. The van der Waals surface area contributed by atoms with Crippen LogP contribution in [0.15, 0.2) is 18.2 Å². The summed E-state index contributed by atoms with van der Waals surface area (Å²) in [6.45, 7) is -0.00179. The van der Waals surface area contributed by atoms with Gasteiger partial charge in [-0.05, 0) is 56.2 Å². The number of alkyl halides is 5. The Balaban J connectivity index is 1.38. The second kappa shape index (κ2) is 9.03. The Kier molecular flexibility index (Phi) is 6.88. The van der Waals surface area contributed by atoms with Gasteiger partial charge in [-0.2, -0.15) is 22.0 Å². The Hall–Kier alpha value is -2.50. The van der Waals surface area contributed by atoms with Crippen molar-refractivity contribution in [2.45, 2.75) is 45.0 Å². The summed E-state index contributed by atoms with van der Waals surface area (Å²) in [5.74, 6) is -2.78. The van der Waals surface area contributed by atoms with E-state index >= 15 is 0 Å². The second-order valence-electron chi connectivity index (χ2n) is 9.32. The highest BCUT2D eigenvalue weighted by molar-refractivity contribution is 5.94. The molecule has 2 amide bonds. The first-order chi connectivity index (χ1) is 15.2. The SMILES string of the molecule is CC(C)(NC(=O)CN1CC2(CC(CNC(=O)c3ccc(F)c(OC(F)F)c3)C2)C1)C(F)(F)F. The first-order valence-corrected chi connectivity index (χ1v) is 10.3. The van der Waals surface area contributed by atoms with Crippen molar-refractivity contribution in [3.8, 4) is 5.75 Å². The summed E-state index contributed by atoms with van der Waals surface area (Å²) in [4.78, 5) is 25.9. The van der Waals surface area contributed by atoms with E-state index in [9.17, 15) is 35.9 Å². The van der Waals surface area contributed by atoms with Gasteiger partial charge in [0.2, 0.25) is 5.91 Å². The smallest absolute Gasteiger partial charge is 0.410 e. The van der Waals surface area contributed by atoms with Gasteiger partial charge in [0.15, 0.2) is 11.6 Å². The number of carbonyl (C=O) groups is 2. The van der Waals surface area contributed by atoms with Crippen LogP contribution in [-0.4, -0.2) is 61.2 Å². The van der Waals surface area contributed by atoms with Crippen LogP contribution in [0.3, 0.4) is 0 Å². The number of hydrogen-bond acceptors (Lipinski definition) is 4. The number of ether oxygens (including phenoxy) is 1. The van der Waals surface area contributed by atoms with Gasteiger partial charge in [-0.1, -0.05) is 0 Å². The van der Waals surface area contributed by atoms with E-state index in [2.05, 4.69) is 10.1 Å². The van der Waals surface area contributed by atoms with Crippen molar-refractivity contribution in [2.24, 2.45) is 11.3 Å². The van der Waals surface area contributed by atoms with Crippen molar-refractivity contribution in [2.75, 3.05) is 26.2 Å². The van der Waals surface area contributed by atoms with Gasteiger partial charge in [-0.15, -0.1) is 0 Å². The maximum atomic E-state index is 13.5. The molecule has 2 fully saturated rings. The third-order valence-electron chi connectivity index (χ3n) is 6.05. The van der Waals surface area contributed by atoms with Gasteiger partial charge < -0.3 is 15.4 Å². The van der Waals surface area contributed by atoms with E-state index in [-0.39, 0.29) is 23.4 Å². The molecule has 1 saturated carbocycles. The van der Waals surface area contributed by atoms with Gasteiger partial charge in [0.25, 0.3) is 5.91 Å². The molecule has 0 radical (unpaired) electrons. The highest BCUT2D eigenvalue weighted by Crippen LogP contribution is 2.51. The fourth-order valence-electron chi connectivity index (χ4n) is 4.41. The summed E-state index contributed by atoms with van der Waals surface area (Å²) < 4.78 is 80.8. The van der Waals surface area contributed by atoms with Crippen LogP contribution in [0.5, 0.6) is 5.75 Å². The fraction of sp³-hybridized carbons (Fsp3) is 0.619. The maximum absolute atomic E-state index is 13.5. The first kappa shape index (κ1) is 25.1.